The van der Waals surface area contributed by atoms with Crippen LogP contribution in [0.1, 0.15) is 5.56 Å². The third-order valence-electron chi connectivity index (χ3n) is 4.75. The predicted molar refractivity (Wildman–Crippen MR) is 118 cm³/mol. The van der Waals surface area contributed by atoms with Gasteiger partial charge in [-0.2, -0.15) is 5.10 Å². The van der Waals surface area contributed by atoms with E-state index in [0.717, 1.165) is 15.9 Å². The van der Waals surface area contributed by atoms with Crippen LogP contribution in [0.25, 0.3) is 0 Å². The summed E-state index contributed by atoms with van der Waals surface area (Å²) in [5.74, 6) is 0.0151. The fourth-order valence-corrected chi connectivity index (χ4v) is 3.58. The number of para-hydroxylation sites is 2. The molecule has 0 aliphatic carbocycles. The molecule has 3 rings (SSSR count). The van der Waals surface area contributed by atoms with Crippen molar-refractivity contribution in [3.63, 3.8) is 0 Å². The lowest BCUT2D eigenvalue weighted by atomic mass is 10.2. The summed E-state index contributed by atoms with van der Waals surface area (Å²) in [5, 5.41) is 3.89. The Morgan fingerprint density at radius 3 is 2.43 bits per heavy atom. The van der Waals surface area contributed by atoms with Crippen molar-refractivity contribution in [3.05, 3.63) is 52.5 Å². The van der Waals surface area contributed by atoms with Crippen LogP contribution in [0.3, 0.4) is 0 Å². The normalized spacial score (nSPS) is 14.0. The summed E-state index contributed by atoms with van der Waals surface area (Å²) in [7, 11) is 3.18. The Labute approximate surface area is 183 Å². The highest BCUT2D eigenvalue weighted by Crippen LogP contribution is 2.28. The molecule has 0 aromatic heterocycles. The van der Waals surface area contributed by atoms with Crippen molar-refractivity contribution in [2.75, 3.05) is 45.3 Å². The maximum absolute atomic E-state index is 12.4. The van der Waals surface area contributed by atoms with Crippen molar-refractivity contribution < 1.29 is 19.1 Å². The molecule has 158 valence electrons. The van der Waals surface area contributed by atoms with Crippen LogP contribution in [0.5, 0.6) is 11.5 Å². The van der Waals surface area contributed by atoms with E-state index in [9.17, 15) is 9.59 Å². The average Bonchev–Trinajstić information content (AvgIpc) is 2.78. The highest BCUT2D eigenvalue weighted by molar-refractivity contribution is 9.10. The van der Waals surface area contributed by atoms with Gasteiger partial charge in [0.1, 0.15) is 11.5 Å². The summed E-state index contributed by atoms with van der Waals surface area (Å²) in [6, 6.07) is 13.2. The van der Waals surface area contributed by atoms with Crippen LogP contribution >= 0.6 is 15.9 Å². The molecular weight excluding hydrogens is 452 g/mol. The van der Waals surface area contributed by atoms with Gasteiger partial charge in [-0.3, -0.25) is 9.59 Å². The SMILES string of the molecule is COc1ccc(Br)cc1/C=N/NC(=O)C(=O)N1CCN(c2ccccc2OC)CC1. The summed E-state index contributed by atoms with van der Waals surface area (Å²) < 4.78 is 11.5. The van der Waals surface area contributed by atoms with Gasteiger partial charge in [-0.25, -0.2) is 5.43 Å². The topological polar surface area (TPSA) is 83.5 Å². The Morgan fingerprint density at radius 1 is 1.03 bits per heavy atom. The highest BCUT2D eigenvalue weighted by atomic mass is 79.9. The predicted octanol–water partition coefficient (Wildman–Crippen LogP) is 2.27. The molecular formula is C21H23BrN4O4. The van der Waals surface area contributed by atoms with Crippen molar-refractivity contribution in [2.45, 2.75) is 0 Å². The molecule has 1 aliphatic rings. The molecule has 0 radical (unpaired) electrons. The molecule has 1 aliphatic heterocycles. The van der Waals surface area contributed by atoms with Gasteiger partial charge in [0.05, 0.1) is 26.1 Å². The standard InChI is InChI=1S/C21H23BrN4O4/c1-29-18-8-7-16(22)13-15(18)14-23-24-20(27)21(28)26-11-9-25(10-12-26)17-5-3-4-6-19(17)30-2/h3-8,13-14H,9-12H2,1-2H3,(H,24,27)/b23-14+. The first-order valence-corrected chi connectivity index (χ1v) is 10.2. The Hall–Kier alpha value is -3.07. The van der Waals surface area contributed by atoms with Gasteiger partial charge in [-0.15, -0.1) is 0 Å². The zero-order valence-electron chi connectivity index (χ0n) is 16.8. The van der Waals surface area contributed by atoms with Crippen LogP contribution in [0.2, 0.25) is 0 Å². The van der Waals surface area contributed by atoms with E-state index in [0.29, 0.717) is 37.5 Å². The maximum atomic E-state index is 12.4. The molecule has 1 saturated heterocycles. The molecule has 0 spiro atoms. The number of nitrogens with one attached hydrogen (secondary N) is 1. The summed E-state index contributed by atoms with van der Waals surface area (Å²) in [5.41, 5.74) is 3.94. The van der Waals surface area contributed by atoms with E-state index in [1.54, 1.807) is 26.4 Å². The molecule has 0 atom stereocenters. The molecule has 1 heterocycles. The first-order valence-electron chi connectivity index (χ1n) is 9.37. The number of nitrogens with zero attached hydrogens (tertiary/aromatic N) is 3. The second-order valence-electron chi connectivity index (χ2n) is 6.54. The minimum Gasteiger partial charge on any atom is -0.496 e. The van der Waals surface area contributed by atoms with E-state index >= 15 is 0 Å². The summed E-state index contributed by atoms with van der Waals surface area (Å²) in [4.78, 5) is 28.3. The number of carbonyl (C=O) groups is 2. The van der Waals surface area contributed by atoms with Crippen molar-refractivity contribution in [1.82, 2.24) is 10.3 Å². The third kappa shape index (κ3) is 5.10. The molecule has 0 bridgehead atoms. The number of anilines is 1. The Morgan fingerprint density at radius 2 is 1.73 bits per heavy atom. The molecule has 30 heavy (non-hydrogen) atoms. The van der Waals surface area contributed by atoms with Crippen LogP contribution < -0.4 is 19.8 Å². The molecule has 2 amide bonds. The highest BCUT2D eigenvalue weighted by Gasteiger charge is 2.26. The summed E-state index contributed by atoms with van der Waals surface area (Å²) in [6.07, 6.45) is 1.44. The monoisotopic (exact) mass is 474 g/mol. The number of ether oxygens (including phenoxy) is 2. The van der Waals surface area contributed by atoms with Gasteiger partial charge in [0.25, 0.3) is 0 Å². The van der Waals surface area contributed by atoms with Gasteiger partial charge in [0.15, 0.2) is 0 Å². The molecule has 2 aromatic rings. The number of halogens is 1. The number of hydrogen-bond acceptors (Lipinski definition) is 6. The zero-order chi connectivity index (χ0) is 21.5. The summed E-state index contributed by atoms with van der Waals surface area (Å²) in [6.45, 7) is 2.09. The molecule has 8 nitrogen and oxygen atoms in total. The van der Waals surface area contributed by atoms with Crippen LogP contribution in [-0.2, 0) is 9.59 Å². The number of hydrogen-bond donors (Lipinski definition) is 1. The fourth-order valence-electron chi connectivity index (χ4n) is 3.20. The Kier molecular flexibility index (Phi) is 7.29. The van der Waals surface area contributed by atoms with Crippen molar-refractivity contribution in [1.29, 1.82) is 0 Å². The second-order valence-corrected chi connectivity index (χ2v) is 7.45. The smallest absolute Gasteiger partial charge is 0.329 e. The molecule has 0 unspecified atom stereocenters. The minimum absolute atomic E-state index is 0.438. The number of methoxy groups -OCH3 is 2. The average molecular weight is 475 g/mol. The second kappa shape index (κ2) is 10.1. The first-order chi connectivity index (χ1) is 14.5. The van der Waals surface area contributed by atoms with Gasteiger partial charge in [0, 0.05) is 36.2 Å². The van der Waals surface area contributed by atoms with Crippen molar-refractivity contribution >= 4 is 39.6 Å². The number of piperazine rings is 1. The third-order valence-corrected chi connectivity index (χ3v) is 5.24. The molecule has 1 fully saturated rings. The number of carbonyl (C=O) groups excluding carboxylic acids is 2. The van der Waals surface area contributed by atoms with Gasteiger partial charge in [-0.05, 0) is 30.3 Å². The number of rotatable bonds is 5. The lowest BCUT2D eigenvalue weighted by molar-refractivity contribution is -0.146. The van der Waals surface area contributed by atoms with Crippen LogP contribution in [0.15, 0.2) is 52.0 Å². The lowest BCUT2D eigenvalue weighted by Crippen LogP contribution is -2.52. The van der Waals surface area contributed by atoms with E-state index in [1.807, 2.05) is 30.3 Å². The minimum atomic E-state index is -0.772. The quantitative estimate of drug-likeness (QED) is 0.408. The molecule has 0 saturated carbocycles. The van der Waals surface area contributed by atoms with E-state index < -0.39 is 11.8 Å². The van der Waals surface area contributed by atoms with Crippen molar-refractivity contribution in [2.24, 2.45) is 5.10 Å². The number of hydrazone groups is 1. The maximum Gasteiger partial charge on any atom is 0.329 e. The van der Waals surface area contributed by atoms with Gasteiger partial charge in [-0.1, -0.05) is 28.1 Å². The van der Waals surface area contributed by atoms with Gasteiger partial charge in [0.2, 0.25) is 0 Å². The van der Waals surface area contributed by atoms with Crippen LogP contribution in [0.4, 0.5) is 5.69 Å². The fraction of sp³-hybridized carbons (Fsp3) is 0.286. The molecule has 9 heteroatoms. The van der Waals surface area contributed by atoms with Gasteiger partial charge >= 0.3 is 11.8 Å². The Bertz CT molecular complexity index is 942. The number of amides is 2. The Balaban J connectivity index is 1.55. The zero-order valence-corrected chi connectivity index (χ0v) is 18.4. The van der Waals surface area contributed by atoms with E-state index in [4.69, 9.17) is 9.47 Å². The number of benzene rings is 2. The van der Waals surface area contributed by atoms with Crippen molar-refractivity contribution in [3.8, 4) is 11.5 Å². The van der Waals surface area contributed by atoms with E-state index in [2.05, 4.69) is 31.4 Å². The first kappa shape index (κ1) is 21.6. The van der Waals surface area contributed by atoms with Crippen LogP contribution in [0, 0.1) is 0 Å². The molecule has 2 aromatic carbocycles. The lowest BCUT2D eigenvalue weighted by Gasteiger charge is -2.36. The van der Waals surface area contributed by atoms with E-state index in [1.165, 1.54) is 11.1 Å². The summed E-state index contributed by atoms with van der Waals surface area (Å²) >= 11 is 3.38. The van der Waals surface area contributed by atoms with Crippen LogP contribution in [-0.4, -0.2) is 63.3 Å². The molecule has 1 N–H and O–H groups in total. The van der Waals surface area contributed by atoms with Gasteiger partial charge < -0.3 is 19.3 Å². The largest absolute Gasteiger partial charge is 0.496 e. The van der Waals surface area contributed by atoms with E-state index in [-0.39, 0.29) is 0 Å².